The van der Waals surface area contributed by atoms with E-state index in [1.54, 1.807) is 0 Å². The lowest BCUT2D eigenvalue weighted by Gasteiger charge is -2.17. The Hall–Kier alpha value is -2.12. The van der Waals surface area contributed by atoms with Crippen LogP contribution in [0.1, 0.15) is 6.42 Å². The number of amides is 1. The molecule has 1 aliphatic rings. The molecular formula is C11H7F4NO3. The van der Waals surface area contributed by atoms with Crippen molar-refractivity contribution in [3.63, 3.8) is 0 Å². The van der Waals surface area contributed by atoms with Crippen LogP contribution >= 0.6 is 0 Å². The van der Waals surface area contributed by atoms with E-state index in [-0.39, 0.29) is 0 Å². The minimum Gasteiger partial charge on any atom is -0.481 e. The lowest BCUT2D eigenvalue weighted by atomic mass is 10.1. The number of carboxylic acid groups (broad SMARTS) is 1. The molecule has 2 rings (SSSR count). The quantitative estimate of drug-likeness (QED) is 0.508. The van der Waals surface area contributed by atoms with Crippen LogP contribution in [-0.2, 0) is 9.59 Å². The highest BCUT2D eigenvalue weighted by Gasteiger charge is 2.37. The van der Waals surface area contributed by atoms with Gasteiger partial charge in [-0.05, 0) is 0 Å². The zero-order valence-corrected chi connectivity index (χ0v) is 9.29. The molecule has 0 spiro atoms. The topological polar surface area (TPSA) is 57.6 Å². The number of carboxylic acids is 1. The van der Waals surface area contributed by atoms with Gasteiger partial charge in [0.15, 0.2) is 23.3 Å². The highest BCUT2D eigenvalue weighted by atomic mass is 19.2. The molecule has 1 aromatic carbocycles. The molecule has 1 unspecified atom stereocenters. The summed E-state index contributed by atoms with van der Waals surface area (Å²) >= 11 is 0. The van der Waals surface area contributed by atoms with E-state index in [0.717, 1.165) is 0 Å². The Morgan fingerprint density at radius 2 is 1.84 bits per heavy atom. The predicted molar refractivity (Wildman–Crippen MR) is 54.4 cm³/mol. The summed E-state index contributed by atoms with van der Waals surface area (Å²) in [6.45, 7) is -0.421. The predicted octanol–water partition coefficient (Wildman–Crippen LogP) is 1.68. The van der Waals surface area contributed by atoms with E-state index < -0.39 is 59.7 Å². The van der Waals surface area contributed by atoms with Gasteiger partial charge >= 0.3 is 5.97 Å². The molecule has 1 saturated heterocycles. The van der Waals surface area contributed by atoms with Gasteiger partial charge in [0.05, 0.1) is 11.6 Å². The lowest BCUT2D eigenvalue weighted by Crippen LogP contribution is -2.27. The van der Waals surface area contributed by atoms with Crippen molar-refractivity contribution in [1.29, 1.82) is 0 Å². The number of nitrogens with zero attached hydrogens (tertiary/aromatic N) is 1. The van der Waals surface area contributed by atoms with Crippen LogP contribution in [0.3, 0.4) is 0 Å². The Labute approximate surface area is 104 Å². The smallest absolute Gasteiger partial charge is 0.308 e. The minimum absolute atomic E-state index is 0.329. The lowest BCUT2D eigenvalue weighted by molar-refractivity contribution is -0.141. The third-order valence-electron chi connectivity index (χ3n) is 2.85. The third kappa shape index (κ3) is 2.13. The molecule has 4 nitrogen and oxygen atoms in total. The number of halogens is 4. The van der Waals surface area contributed by atoms with Crippen molar-refractivity contribution in [1.82, 2.24) is 0 Å². The number of carbonyl (C=O) groups excluding carboxylic acids is 1. The zero-order valence-electron chi connectivity index (χ0n) is 9.29. The van der Waals surface area contributed by atoms with Crippen LogP contribution in [0, 0.1) is 29.2 Å². The van der Waals surface area contributed by atoms with Crippen molar-refractivity contribution >= 4 is 17.6 Å². The molecule has 0 aromatic heterocycles. The van der Waals surface area contributed by atoms with Gasteiger partial charge in [-0.3, -0.25) is 9.59 Å². The molecule has 0 aliphatic carbocycles. The Balaban J connectivity index is 2.43. The number of hydrogen-bond donors (Lipinski definition) is 1. The van der Waals surface area contributed by atoms with Gasteiger partial charge in [-0.25, -0.2) is 17.6 Å². The molecule has 1 fully saturated rings. The normalized spacial score (nSPS) is 19.1. The first kappa shape index (κ1) is 13.3. The summed E-state index contributed by atoms with van der Waals surface area (Å²) in [5.74, 6) is -10.6. The number of anilines is 1. The fourth-order valence-corrected chi connectivity index (χ4v) is 1.86. The summed E-state index contributed by atoms with van der Waals surface area (Å²) in [6.07, 6.45) is -0.407. The number of carbonyl (C=O) groups is 2. The molecule has 0 saturated carbocycles. The Morgan fingerprint density at radius 1 is 1.21 bits per heavy atom. The van der Waals surface area contributed by atoms with Gasteiger partial charge in [-0.1, -0.05) is 0 Å². The second kappa shape index (κ2) is 4.52. The first-order valence-corrected chi connectivity index (χ1v) is 5.19. The number of aliphatic carboxylic acids is 1. The largest absolute Gasteiger partial charge is 0.481 e. The summed E-state index contributed by atoms with van der Waals surface area (Å²) in [5.41, 5.74) is -0.801. The monoisotopic (exact) mass is 277 g/mol. The second-order valence-electron chi connectivity index (χ2n) is 4.06. The Kier molecular flexibility index (Phi) is 3.17. The maximum Gasteiger partial charge on any atom is 0.308 e. The van der Waals surface area contributed by atoms with E-state index in [4.69, 9.17) is 5.11 Å². The second-order valence-corrected chi connectivity index (χ2v) is 4.06. The minimum atomic E-state index is -2.04. The average Bonchev–Trinajstić information content (AvgIpc) is 2.73. The molecule has 0 bridgehead atoms. The molecule has 1 aromatic rings. The summed E-state index contributed by atoms with van der Waals surface area (Å²) < 4.78 is 52.3. The maximum atomic E-state index is 13.5. The van der Waals surface area contributed by atoms with Crippen LogP contribution in [0.4, 0.5) is 23.2 Å². The van der Waals surface area contributed by atoms with Gasteiger partial charge in [-0.2, -0.15) is 0 Å². The molecule has 1 amide bonds. The number of benzene rings is 1. The highest BCUT2D eigenvalue weighted by molar-refractivity contribution is 5.99. The van der Waals surface area contributed by atoms with Gasteiger partial charge in [-0.15, -0.1) is 0 Å². The van der Waals surface area contributed by atoms with Crippen LogP contribution in [0.25, 0.3) is 0 Å². The van der Waals surface area contributed by atoms with Gasteiger partial charge in [0.1, 0.15) is 0 Å². The van der Waals surface area contributed by atoms with Crippen LogP contribution in [0.15, 0.2) is 6.07 Å². The molecule has 8 heteroatoms. The van der Waals surface area contributed by atoms with Crippen molar-refractivity contribution in [3.8, 4) is 0 Å². The van der Waals surface area contributed by atoms with E-state index in [0.29, 0.717) is 11.0 Å². The van der Waals surface area contributed by atoms with Gasteiger partial charge in [0, 0.05) is 19.0 Å². The first-order chi connectivity index (χ1) is 8.82. The standard InChI is InChI=1S/C11H7F4NO3/c12-5-2-6(9(14)10(15)8(5)13)16-3-4(11(18)19)1-7(16)17/h2,4H,1,3H2,(H,18,19). The molecular weight excluding hydrogens is 270 g/mol. The number of hydrogen-bond acceptors (Lipinski definition) is 2. The van der Waals surface area contributed by atoms with Crippen LogP contribution in [0.5, 0.6) is 0 Å². The van der Waals surface area contributed by atoms with E-state index in [9.17, 15) is 27.2 Å². The van der Waals surface area contributed by atoms with E-state index >= 15 is 0 Å². The molecule has 102 valence electrons. The SMILES string of the molecule is O=C(O)C1CC(=O)N(c2cc(F)c(F)c(F)c2F)C1. The van der Waals surface area contributed by atoms with Crippen molar-refractivity contribution in [2.75, 3.05) is 11.4 Å². The van der Waals surface area contributed by atoms with E-state index in [2.05, 4.69) is 0 Å². The Bertz CT molecular complexity index is 576. The van der Waals surface area contributed by atoms with E-state index in [1.165, 1.54) is 0 Å². The van der Waals surface area contributed by atoms with Crippen molar-refractivity contribution < 1.29 is 32.3 Å². The van der Waals surface area contributed by atoms with Crippen LogP contribution < -0.4 is 4.90 Å². The molecule has 1 N–H and O–H groups in total. The highest BCUT2D eigenvalue weighted by Crippen LogP contribution is 2.30. The Morgan fingerprint density at radius 3 is 2.37 bits per heavy atom. The first-order valence-electron chi connectivity index (χ1n) is 5.19. The summed E-state index contributed by atoms with van der Waals surface area (Å²) in [4.78, 5) is 22.8. The summed E-state index contributed by atoms with van der Waals surface area (Å²) in [7, 11) is 0. The van der Waals surface area contributed by atoms with Crippen LogP contribution in [0.2, 0.25) is 0 Å². The maximum absolute atomic E-state index is 13.5. The van der Waals surface area contributed by atoms with Crippen molar-refractivity contribution in [3.05, 3.63) is 29.3 Å². The fourth-order valence-electron chi connectivity index (χ4n) is 1.86. The van der Waals surface area contributed by atoms with Crippen molar-refractivity contribution in [2.24, 2.45) is 5.92 Å². The van der Waals surface area contributed by atoms with Gasteiger partial charge < -0.3 is 10.0 Å². The molecule has 1 aliphatic heterocycles. The zero-order chi connectivity index (χ0) is 14.3. The molecule has 1 heterocycles. The third-order valence-corrected chi connectivity index (χ3v) is 2.85. The molecule has 0 radical (unpaired) electrons. The van der Waals surface area contributed by atoms with Gasteiger partial charge in [0.2, 0.25) is 5.91 Å². The summed E-state index contributed by atoms with van der Waals surface area (Å²) in [5, 5.41) is 8.74. The summed E-state index contributed by atoms with van der Waals surface area (Å²) in [6, 6.07) is 0.329. The molecule has 19 heavy (non-hydrogen) atoms. The average molecular weight is 277 g/mol. The molecule has 1 atom stereocenters. The van der Waals surface area contributed by atoms with Crippen LogP contribution in [-0.4, -0.2) is 23.5 Å². The van der Waals surface area contributed by atoms with Crippen molar-refractivity contribution in [2.45, 2.75) is 6.42 Å². The number of rotatable bonds is 2. The van der Waals surface area contributed by atoms with E-state index in [1.807, 2.05) is 0 Å². The fraction of sp³-hybridized carbons (Fsp3) is 0.273. The van der Waals surface area contributed by atoms with Gasteiger partial charge in [0.25, 0.3) is 0 Å².